The number of nitrogens with zero attached hydrogens (tertiary/aromatic N) is 2. The zero-order chi connectivity index (χ0) is 11.7. The third kappa shape index (κ3) is 2.02. The maximum absolute atomic E-state index is 10.7. The summed E-state index contributed by atoms with van der Waals surface area (Å²) in [6.45, 7) is 0. The SMILES string of the molecule is O=[N+]([O-])c1scnc1-c1ccc(Cl)c(Cl)c1. The smallest absolute Gasteiger partial charge is 0.257 e. The first-order valence-corrected chi connectivity index (χ1v) is 5.76. The molecule has 0 saturated carbocycles. The number of rotatable bonds is 2. The van der Waals surface area contributed by atoms with E-state index in [4.69, 9.17) is 23.2 Å². The molecular weight excluding hydrogens is 271 g/mol. The zero-order valence-corrected chi connectivity index (χ0v) is 10.0. The van der Waals surface area contributed by atoms with Crippen LogP contribution in [0.5, 0.6) is 0 Å². The molecule has 2 aromatic rings. The Morgan fingerprint density at radius 3 is 2.69 bits per heavy atom. The van der Waals surface area contributed by atoms with E-state index in [1.165, 1.54) is 5.51 Å². The lowest BCUT2D eigenvalue weighted by Gasteiger charge is -1.99. The third-order valence-electron chi connectivity index (χ3n) is 1.91. The van der Waals surface area contributed by atoms with Gasteiger partial charge in [0.2, 0.25) is 0 Å². The van der Waals surface area contributed by atoms with Crippen LogP contribution in [-0.2, 0) is 0 Å². The molecule has 7 heteroatoms. The number of hydrogen-bond donors (Lipinski definition) is 0. The molecule has 0 spiro atoms. The highest BCUT2D eigenvalue weighted by Gasteiger charge is 2.19. The Labute approximate surface area is 105 Å². The number of halogens is 2. The Kier molecular flexibility index (Phi) is 3.09. The standard InChI is InChI=1S/C9H4Cl2N2O2S/c10-6-2-1-5(3-7(6)11)8-9(13(14)15)16-4-12-8/h1-4H. The summed E-state index contributed by atoms with van der Waals surface area (Å²) in [6, 6.07) is 4.80. The summed E-state index contributed by atoms with van der Waals surface area (Å²) in [5, 5.41) is 11.5. The summed E-state index contributed by atoms with van der Waals surface area (Å²) in [5.41, 5.74) is 2.33. The molecule has 0 amide bonds. The van der Waals surface area contributed by atoms with Crippen molar-refractivity contribution in [1.29, 1.82) is 0 Å². The van der Waals surface area contributed by atoms with Gasteiger partial charge < -0.3 is 0 Å². The van der Waals surface area contributed by atoms with Crippen molar-refractivity contribution in [3.63, 3.8) is 0 Å². The monoisotopic (exact) mass is 274 g/mol. The maximum atomic E-state index is 10.7. The van der Waals surface area contributed by atoms with Crippen molar-refractivity contribution in [2.24, 2.45) is 0 Å². The highest BCUT2D eigenvalue weighted by Crippen LogP contribution is 2.35. The molecule has 0 aliphatic carbocycles. The molecule has 0 aliphatic heterocycles. The predicted molar refractivity (Wildman–Crippen MR) is 64.2 cm³/mol. The molecule has 82 valence electrons. The fourth-order valence-electron chi connectivity index (χ4n) is 1.21. The van der Waals surface area contributed by atoms with Gasteiger partial charge in [-0.2, -0.15) is 0 Å². The maximum Gasteiger partial charge on any atom is 0.351 e. The summed E-state index contributed by atoms with van der Waals surface area (Å²) in [7, 11) is 0. The van der Waals surface area contributed by atoms with E-state index in [-0.39, 0.29) is 5.00 Å². The minimum absolute atomic E-state index is 0.00149. The Bertz CT molecular complexity index is 556. The molecule has 0 aliphatic rings. The lowest BCUT2D eigenvalue weighted by molar-refractivity contribution is -0.379. The first kappa shape index (κ1) is 11.3. The topological polar surface area (TPSA) is 56.0 Å². The summed E-state index contributed by atoms with van der Waals surface area (Å²) < 4.78 is 0. The van der Waals surface area contributed by atoms with Crippen molar-refractivity contribution in [3.8, 4) is 11.3 Å². The molecule has 0 atom stereocenters. The summed E-state index contributed by atoms with van der Waals surface area (Å²) >= 11 is 12.6. The van der Waals surface area contributed by atoms with Gasteiger partial charge in [-0.25, -0.2) is 4.98 Å². The first-order chi connectivity index (χ1) is 7.59. The molecule has 16 heavy (non-hydrogen) atoms. The van der Waals surface area contributed by atoms with Gasteiger partial charge in [0.1, 0.15) is 0 Å². The van der Waals surface area contributed by atoms with Crippen molar-refractivity contribution in [2.45, 2.75) is 0 Å². The Balaban J connectivity index is 2.54. The van der Waals surface area contributed by atoms with Crippen LogP contribution >= 0.6 is 34.5 Å². The third-order valence-corrected chi connectivity index (χ3v) is 3.42. The van der Waals surface area contributed by atoms with Gasteiger partial charge in [-0.1, -0.05) is 29.3 Å². The Hall–Kier alpha value is -1.17. The largest absolute Gasteiger partial charge is 0.351 e. The van der Waals surface area contributed by atoms with Crippen molar-refractivity contribution < 1.29 is 4.92 Å². The average molecular weight is 275 g/mol. The summed E-state index contributed by atoms with van der Waals surface area (Å²) in [5.74, 6) is 0. The second-order valence-corrected chi connectivity index (χ2v) is 4.54. The Morgan fingerprint density at radius 1 is 1.31 bits per heavy atom. The molecule has 4 nitrogen and oxygen atoms in total. The van der Waals surface area contributed by atoms with Gasteiger partial charge in [0.25, 0.3) is 0 Å². The number of nitro groups is 1. The first-order valence-electron chi connectivity index (χ1n) is 4.13. The molecule has 2 rings (SSSR count). The molecule has 0 N–H and O–H groups in total. The van der Waals surface area contributed by atoms with E-state index in [1.807, 2.05) is 0 Å². The van der Waals surface area contributed by atoms with Crippen LogP contribution in [0.15, 0.2) is 23.7 Å². The predicted octanol–water partition coefficient (Wildman–Crippen LogP) is 4.03. The van der Waals surface area contributed by atoms with E-state index in [0.29, 0.717) is 21.3 Å². The lowest BCUT2D eigenvalue weighted by Crippen LogP contribution is -1.88. The van der Waals surface area contributed by atoms with E-state index < -0.39 is 4.92 Å². The van der Waals surface area contributed by atoms with E-state index in [9.17, 15) is 10.1 Å². The molecule has 1 heterocycles. The zero-order valence-electron chi connectivity index (χ0n) is 7.68. The quantitative estimate of drug-likeness (QED) is 0.614. The van der Waals surface area contributed by atoms with Crippen molar-refractivity contribution >= 4 is 39.5 Å². The number of benzene rings is 1. The van der Waals surface area contributed by atoms with E-state index in [2.05, 4.69) is 4.98 Å². The lowest BCUT2D eigenvalue weighted by atomic mass is 10.2. The fraction of sp³-hybridized carbons (Fsp3) is 0. The van der Waals surface area contributed by atoms with Gasteiger partial charge in [-0.05, 0) is 23.5 Å². The van der Waals surface area contributed by atoms with Crippen LogP contribution in [0.4, 0.5) is 5.00 Å². The van der Waals surface area contributed by atoms with Crippen LogP contribution < -0.4 is 0 Å². The van der Waals surface area contributed by atoms with E-state index in [1.54, 1.807) is 18.2 Å². The number of aromatic nitrogens is 1. The van der Waals surface area contributed by atoms with Crippen LogP contribution in [0.2, 0.25) is 10.0 Å². The van der Waals surface area contributed by atoms with Crippen LogP contribution in [-0.4, -0.2) is 9.91 Å². The van der Waals surface area contributed by atoms with Gasteiger partial charge in [-0.15, -0.1) is 0 Å². The molecule has 1 aromatic carbocycles. The second kappa shape index (κ2) is 4.37. The van der Waals surface area contributed by atoms with Crippen LogP contribution in [0.1, 0.15) is 0 Å². The van der Waals surface area contributed by atoms with Crippen molar-refractivity contribution in [2.75, 3.05) is 0 Å². The van der Waals surface area contributed by atoms with Gasteiger partial charge in [-0.3, -0.25) is 10.1 Å². The van der Waals surface area contributed by atoms with Crippen LogP contribution in [0.25, 0.3) is 11.3 Å². The second-order valence-electron chi connectivity index (χ2n) is 2.89. The highest BCUT2D eigenvalue weighted by molar-refractivity contribution is 7.13. The van der Waals surface area contributed by atoms with Gasteiger partial charge in [0, 0.05) is 5.56 Å². The summed E-state index contributed by atoms with van der Waals surface area (Å²) in [4.78, 5) is 14.2. The van der Waals surface area contributed by atoms with Gasteiger partial charge in [0.15, 0.2) is 5.69 Å². The highest BCUT2D eigenvalue weighted by atomic mass is 35.5. The molecule has 1 aromatic heterocycles. The number of hydrogen-bond acceptors (Lipinski definition) is 4. The number of thiazole rings is 1. The normalized spacial score (nSPS) is 10.4. The van der Waals surface area contributed by atoms with E-state index in [0.717, 1.165) is 11.3 Å². The minimum atomic E-state index is -0.463. The molecular formula is C9H4Cl2N2O2S. The van der Waals surface area contributed by atoms with Crippen LogP contribution in [0, 0.1) is 10.1 Å². The Morgan fingerprint density at radius 2 is 2.06 bits per heavy atom. The van der Waals surface area contributed by atoms with Crippen molar-refractivity contribution in [1.82, 2.24) is 4.98 Å². The molecule has 0 bridgehead atoms. The average Bonchev–Trinajstić information content (AvgIpc) is 2.71. The summed E-state index contributed by atoms with van der Waals surface area (Å²) in [6.07, 6.45) is 0. The van der Waals surface area contributed by atoms with Crippen molar-refractivity contribution in [3.05, 3.63) is 43.9 Å². The molecule has 0 unspecified atom stereocenters. The fourth-order valence-corrected chi connectivity index (χ4v) is 2.14. The minimum Gasteiger partial charge on any atom is -0.257 e. The molecule has 0 saturated heterocycles. The van der Waals surface area contributed by atoms with Gasteiger partial charge >= 0.3 is 5.00 Å². The van der Waals surface area contributed by atoms with Gasteiger partial charge in [0.05, 0.1) is 20.5 Å². The molecule has 0 radical (unpaired) electrons. The van der Waals surface area contributed by atoms with E-state index >= 15 is 0 Å². The molecule has 0 fully saturated rings. The van der Waals surface area contributed by atoms with Crippen LogP contribution in [0.3, 0.4) is 0 Å².